The number of phosphoric ester groups is 2. The summed E-state index contributed by atoms with van der Waals surface area (Å²) in [5.41, 5.74) is 0. The number of ether oxygens (including phenoxy) is 4. The molecule has 0 saturated carbocycles. The highest BCUT2D eigenvalue weighted by Gasteiger charge is 2.30. The van der Waals surface area contributed by atoms with Crippen molar-refractivity contribution in [3.63, 3.8) is 0 Å². The first-order valence-electron chi connectivity index (χ1n) is 44.2. The molecule has 0 amide bonds. The third-order valence-electron chi connectivity index (χ3n) is 20.1. The predicted molar refractivity (Wildman–Crippen MR) is 432 cm³/mol. The Morgan fingerprint density at radius 2 is 0.400 bits per heavy atom. The molecule has 3 N–H and O–H groups in total. The van der Waals surface area contributed by atoms with Crippen molar-refractivity contribution in [3.8, 4) is 0 Å². The number of hydrogen-bond donors (Lipinski definition) is 3. The van der Waals surface area contributed by atoms with Crippen molar-refractivity contribution in [1.29, 1.82) is 0 Å². The van der Waals surface area contributed by atoms with Crippen LogP contribution in [0.4, 0.5) is 0 Å². The molecule has 17 nitrogen and oxygen atoms in total. The fraction of sp³-hybridized carbons (Fsp3) is 0.953. The van der Waals surface area contributed by atoms with E-state index in [1.54, 1.807) is 0 Å². The molecule has 3 unspecified atom stereocenters. The topological polar surface area (TPSA) is 237 Å². The van der Waals surface area contributed by atoms with Crippen molar-refractivity contribution in [2.24, 2.45) is 23.7 Å². The molecular formula is C86H168O17P2. The number of carbonyl (C=O) groups is 4. The van der Waals surface area contributed by atoms with Gasteiger partial charge in [0, 0.05) is 25.7 Å². The quantitative estimate of drug-likeness (QED) is 0.0222. The first-order chi connectivity index (χ1) is 50.6. The molecule has 0 spiro atoms. The van der Waals surface area contributed by atoms with E-state index in [0.29, 0.717) is 31.6 Å². The van der Waals surface area contributed by atoms with Crippen molar-refractivity contribution in [2.75, 3.05) is 39.6 Å². The van der Waals surface area contributed by atoms with Gasteiger partial charge in [-0.05, 0) is 49.4 Å². The van der Waals surface area contributed by atoms with Crippen molar-refractivity contribution >= 4 is 39.5 Å². The molecule has 0 aromatic rings. The fourth-order valence-electron chi connectivity index (χ4n) is 13.3. The van der Waals surface area contributed by atoms with Gasteiger partial charge in [-0.25, -0.2) is 9.13 Å². The van der Waals surface area contributed by atoms with Crippen LogP contribution in [-0.2, 0) is 65.4 Å². The van der Waals surface area contributed by atoms with Crippen LogP contribution >= 0.6 is 15.6 Å². The lowest BCUT2D eigenvalue weighted by atomic mass is 10.0. The molecule has 0 aliphatic carbocycles. The summed E-state index contributed by atoms with van der Waals surface area (Å²) in [6.45, 7) is 14.3. The third kappa shape index (κ3) is 79.9. The normalized spacial score (nSPS) is 13.9. The van der Waals surface area contributed by atoms with E-state index in [1.807, 2.05) is 0 Å². The van der Waals surface area contributed by atoms with E-state index in [2.05, 4.69) is 55.4 Å². The molecule has 0 aromatic carbocycles. The standard InChI is InChI=1S/C86H168O17P2/c1-76(2)62-54-46-38-32-26-20-14-11-9-10-12-16-24-30-36-42-52-60-69-86(91)103-82(73-97-84(89)67-59-51-45-44-49-57-65-79(7)8)75-101-105(94,95)99-71-80(87)70-98-104(92,93)100-74-81(102-85(90)68-61-53-43-37-31-25-19-18-22-28-34-40-48-56-64-78(5)6)72-96-83(88)66-58-50-41-35-29-23-17-13-15-21-27-33-39-47-55-63-77(3)4/h76-82,87H,9-75H2,1-8H3,(H,92,93)(H,94,95)/t80?,81-,82-/m1/s1. The van der Waals surface area contributed by atoms with Gasteiger partial charge in [0.15, 0.2) is 12.2 Å². The molecule has 19 heteroatoms. The second kappa shape index (κ2) is 74.8. The summed E-state index contributed by atoms with van der Waals surface area (Å²) in [4.78, 5) is 73.2. The molecule has 0 aromatic heterocycles. The highest BCUT2D eigenvalue weighted by atomic mass is 31.2. The minimum absolute atomic E-state index is 0.107. The van der Waals surface area contributed by atoms with Crippen LogP contribution in [-0.4, -0.2) is 96.7 Å². The van der Waals surface area contributed by atoms with Gasteiger partial charge in [0.2, 0.25) is 0 Å². The Kier molecular flexibility index (Phi) is 73.4. The summed E-state index contributed by atoms with van der Waals surface area (Å²) in [5.74, 6) is 0.991. The molecule has 0 aliphatic rings. The number of rotatable bonds is 83. The van der Waals surface area contributed by atoms with E-state index in [4.69, 9.17) is 37.0 Å². The number of hydrogen-bond acceptors (Lipinski definition) is 15. The molecule has 0 fully saturated rings. The molecule has 5 atom stereocenters. The Morgan fingerprint density at radius 3 is 0.590 bits per heavy atom. The Hall–Kier alpha value is -1.94. The van der Waals surface area contributed by atoms with Gasteiger partial charge >= 0.3 is 39.5 Å². The highest BCUT2D eigenvalue weighted by molar-refractivity contribution is 7.47. The SMILES string of the molecule is CC(C)CCCCCCCCCCCCCCCCCCCCC(=O)O[C@H](COC(=O)CCCCCCCCC(C)C)COP(=O)(O)OCC(O)COP(=O)(O)OC[C@@H](COC(=O)CCCCCCCCCCCCCCCCCC(C)C)OC(=O)CCCCCCCCCCCCCCCCC(C)C. The lowest BCUT2D eigenvalue weighted by Gasteiger charge is -2.21. The van der Waals surface area contributed by atoms with Crippen LogP contribution in [0, 0.1) is 23.7 Å². The van der Waals surface area contributed by atoms with E-state index in [-0.39, 0.29) is 25.7 Å². The largest absolute Gasteiger partial charge is 0.472 e. The number of carbonyl (C=O) groups excluding carboxylic acids is 4. The third-order valence-corrected chi connectivity index (χ3v) is 22.0. The average molecular weight is 1540 g/mol. The first-order valence-corrected chi connectivity index (χ1v) is 47.2. The maximum Gasteiger partial charge on any atom is 0.472 e. The monoisotopic (exact) mass is 1540 g/mol. The minimum Gasteiger partial charge on any atom is -0.462 e. The number of aliphatic hydroxyl groups excluding tert-OH is 1. The number of phosphoric acid groups is 2. The zero-order valence-corrected chi connectivity index (χ0v) is 71.2. The number of aliphatic hydroxyl groups is 1. The van der Waals surface area contributed by atoms with Gasteiger partial charge in [-0.1, -0.05) is 396 Å². The molecule has 0 rings (SSSR count). The zero-order valence-electron chi connectivity index (χ0n) is 69.4. The summed E-state index contributed by atoms with van der Waals surface area (Å²) in [6, 6.07) is 0. The first kappa shape index (κ1) is 103. The van der Waals surface area contributed by atoms with Crippen LogP contribution in [0.25, 0.3) is 0 Å². The maximum absolute atomic E-state index is 13.1. The molecule has 0 bridgehead atoms. The lowest BCUT2D eigenvalue weighted by molar-refractivity contribution is -0.161. The summed E-state index contributed by atoms with van der Waals surface area (Å²) in [6.07, 6.45) is 64.1. The Morgan fingerprint density at radius 1 is 0.238 bits per heavy atom. The van der Waals surface area contributed by atoms with Gasteiger partial charge in [0.05, 0.1) is 26.4 Å². The smallest absolute Gasteiger partial charge is 0.462 e. The van der Waals surface area contributed by atoms with Crippen molar-refractivity contribution in [1.82, 2.24) is 0 Å². The van der Waals surface area contributed by atoms with Crippen LogP contribution in [0.15, 0.2) is 0 Å². The fourth-order valence-corrected chi connectivity index (χ4v) is 14.9. The number of esters is 4. The number of unbranched alkanes of at least 4 members (excludes halogenated alkanes) is 49. The highest BCUT2D eigenvalue weighted by Crippen LogP contribution is 2.45. The summed E-state index contributed by atoms with van der Waals surface area (Å²) < 4.78 is 68.8. The van der Waals surface area contributed by atoms with Gasteiger partial charge < -0.3 is 33.8 Å². The van der Waals surface area contributed by atoms with Gasteiger partial charge in [-0.15, -0.1) is 0 Å². The summed E-state index contributed by atoms with van der Waals surface area (Å²) in [7, 11) is -9.93. The lowest BCUT2D eigenvalue weighted by Crippen LogP contribution is -2.30. The second-order valence-electron chi connectivity index (χ2n) is 32.8. The van der Waals surface area contributed by atoms with Crippen LogP contribution in [0.2, 0.25) is 0 Å². The molecule has 0 saturated heterocycles. The van der Waals surface area contributed by atoms with Crippen molar-refractivity contribution in [2.45, 2.75) is 465 Å². The van der Waals surface area contributed by atoms with Gasteiger partial charge in [0.1, 0.15) is 19.3 Å². The van der Waals surface area contributed by atoms with E-state index in [0.717, 1.165) is 114 Å². The van der Waals surface area contributed by atoms with Crippen LogP contribution in [0.3, 0.4) is 0 Å². The van der Waals surface area contributed by atoms with Crippen molar-refractivity contribution < 1.29 is 80.2 Å². The average Bonchev–Trinajstić information content (AvgIpc) is 0.909. The maximum atomic E-state index is 13.1. The second-order valence-corrected chi connectivity index (χ2v) is 35.7. The van der Waals surface area contributed by atoms with E-state index in [9.17, 15) is 43.2 Å². The molecule has 624 valence electrons. The van der Waals surface area contributed by atoms with Crippen molar-refractivity contribution in [3.05, 3.63) is 0 Å². The van der Waals surface area contributed by atoms with Gasteiger partial charge in [0.25, 0.3) is 0 Å². The summed E-state index contributed by atoms with van der Waals surface area (Å²) >= 11 is 0. The van der Waals surface area contributed by atoms with Gasteiger partial charge in [-0.2, -0.15) is 0 Å². The molecule has 105 heavy (non-hydrogen) atoms. The van der Waals surface area contributed by atoms with Gasteiger partial charge in [-0.3, -0.25) is 37.3 Å². The van der Waals surface area contributed by atoms with Crippen LogP contribution < -0.4 is 0 Å². The zero-order chi connectivity index (χ0) is 77.4. The van der Waals surface area contributed by atoms with Crippen LogP contribution in [0.5, 0.6) is 0 Å². The molecule has 0 heterocycles. The Labute approximate surface area is 645 Å². The van der Waals surface area contributed by atoms with E-state index >= 15 is 0 Å². The Balaban J connectivity index is 5.19. The Bertz CT molecular complexity index is 2040. The molecule has 0 radical (unpaired) electrons. The van der Waals surface area contributed by atoms with Crippen LogP contribution in [0.1, 0.15) is 447 Å². The molecular weight excluding hydrogens is 1370 g/mol. The van der Waals surface area contributed by atoms with E-state index < -0.39 is 97.5 Å². The minimum atomic E-state index is -4.97. The summed E-state index contributed by atoms with van der Waals surface area (Å²) in [5, 5.41) is 10.7. The molecule has 0 aliphatic heterocycles. The van der Waals surface area contributed by atoms with E-state index in [1.165, 1.54) is 244 Å². The predicted octanol–water partition coefficient (Wildman–Crippen LogP) is 25.9.